The lowest BCUT2D eigenvalue weighted by atomic mass is 10.2. The highest BCUT2D eigenvalue weighted by molar-refractivity contribution is 7.20. The number of carbonyl (C=O) groups excluding carboxylic acids is 1. The van der Waals surface area contributed by atoms with E-state index in [0.29, 0.717) is 34.1 Å². The quantitative estimate of drug-likeness (QED) is 0.449. The Labute approximate surface area is 136 Å². The summed E-state index contributed by atoms with van der Waals surface area (Å²) in [7, 11) is 1.54. The Hall–Kier alpha value is -1.48. The van der Waals surface area contributed by atoms with E-state index >= 15 is 0 Å². The van der Waals surface area contributed by atoms with Crippen LogP contribution in [0.5, 0.6) is 0 Å². The summed E-state index contributed by atoms with van der Waals surface area (Å²) >= 11 is 7.09. The Morgan fingerprint density at radius 3 is 2.86 bits per heavy atom. The van der Waals surface area contributed by atoms with Crippen molar-refractivity contribution < 1.29 is 19.4 Å². The third-order valence-electron chi connectivity index (χ3n) is 2.87. The lowest BCUT2D eigenvalue weighted by molar-refractivity contribution is 0.0393. The molecule has 2 aromatic rings. The number of ether oxygens (including phenoxy) is 2. The van der Waals surface area contributed by atoms with E-state index in [0.717, 1.165) is 5.56 Å². The molecule has 0 unspecified atom stereocenters. The Bertz CT molecular complexity index is 677. The van der Waals surface area contributed by atoms with Crippen LogP contribution in [0.3, 0.4) is 0 Å². The van der Waals surface area contributed by atoms with Gasteiger partial charge in [0.2, 0.25) is 5.28 Å². The molecule has 0 aromatic carbocycles. The highest BCUT2D eigenvalue weighted by Crippen LogP contribution is 2.34. The second-order valence-electron chi connectivity index (χ2n) is 4.36. The van der Waals surface area contributed by atoms with E-state index in [1.165, 1.54) is 18.4 Å². The van der Waals surface area contributed by atoms with Gasteiger partial charge in [0.25, 0.3) is 0 Å². The first-order valence-electron chi connectivity index (χ1n) is 6.56. The van der Waals surface area contributed by atoms with Crippen LogP contribution in [0.1, 0.15) is 15.2 Å². The van der Waals surface area contributed by atoms with Crippen molar-refractivity contribution in [3.63, 3.8) is 0 Å². The third-order valence-corrected chi connectivity index (χ3v) is 4.21. The van der Waals surface area contributed by atoms with Gasteiger partial charge in [0.15, 0.2) is 0 Å². The summed E-state index contributed by atoms with van der Waals surface area (Å²) in [4.78, 5) is 21.4. The molecule has 0 aliphatic heterocycles. The molecule has 0 saturated heterocycles. The molecule has 120 valence electrons. The van der Waals surface area contributed by atoms with Crippen LogP contribution in [-0.4, -0.2) is 54.5 Å². The van der Waals surface area contributed by atoms with Crippen molar-refractivity contribution in [2.45, 2.75) is 6.92 Å². The van der Waals surface area contributed by atoms with Crippen molar-refractivity contribution >= 4 is 44.9 Å². The number of rotatable bonds is 7. The number of halogens is 1. The van der Waals surface area contributed by atoms with Gasteiger partial charge in [-0.15, -0.1) is 11.3 Å². The number of aromatic nitrogens is 2. The minimum Gasteiger partial charge on any atom is -0.459 e. The topological polar surface area (TPSA) is 93.6 Å². The average molecular weight is 346 g/mol. The van der Waals surface area contributed by atoms with Gasteiger partial charge in [0.05, 0.1) is 18.6 Å². The van der Waals surface area contributed by atoms with Gasteiger partial charge in [-0.2, -0.15) is 0 Å². The van der Waals surface area contributed by atoms with Gasteiger partial charge in [-0.3, -0.25) is 0 Å². The highest BCUT2D eigenvalue weighted by atomic mass is 35.5. The van der Waals surface area contributed by atoms with Crippen LogP contribution >= 0.6 is 22.9 Å². The molecule has 0 fully saturated rings. The summed E-state index contributed by atoms with van der Waals surface area (Å²) in [6.07, 6.45) is 0. The third kappa shape index (κ3) is 3.64. The summed E-state index contributed by atoms with van der Waals surface area (Å²) in [5.74, 6) is 0.0653. The smallest absolute Gasteiger partial charge is 0.348 e. The number of aliphatic hydroxyl groups excluding tert-OH is 1. The zero-order chi connectivity index (χ0) is 16.1. The summed E-state index contributed by atoms with van der Waals surface area (Å²) < 4.78 is 9.98. The van der Waals surface area contributed by atoms with E-state index in [-0.39, 0.29) is 18.5 Å². The first-order valence-corrected chi connectivity index (χ1v) is 7.75. The van der Waals surface area contributed by atoms with Crippen molar-refractivity contribution in [1.29, 1.82) is 0 Å². The summed E-state index contributed by atoms with van der Waals surface area (Å²) in [5, 5.41) is 12.7. The van der Waals surface area contributed by atoms with Gasteiger partial charge >= 0.3 is 5.97 Å². The minimum atomic E-state index is -0.429. The highest BCUT2D eigenvalue weighted by Gasteiger charge is 2.21. The number of carbonyl (C=O) groups is 1. The van der Waals surface area contributed by atoms with Crippen LogP contribution < -0.4 is 5.32 Å². The molecule has 0 bridgehead atoms. The first-order chi connectivity index (χ1) is 10.6. The van der Waals surface area contributed by atoms with Crippen LogP contribution in [0.2, 0.25) is 5.28 Å². The van der Waals surface area contributed by atoms with Crippen molar-refractivity contribution in [2.24, 2.45) is 0 Å². The van der Waals surface area contributed by atoms with Crippen LogP contribution in [0.4, 0.5) is 5.82 Å². The maximum Gasteiger partial charge on any atom is 0.348 e. The average Bonchev–Trinajstić information content (AvgIpc) is 2.82. The maximum absolute atomic E-state index is 12.1. The normalized spacial score (nSPS) is 10.9. The first kappa shape index (κ1) is 16.9. The van der Waals surface area contributed by atoms with Crippen molar-refractivity contribution in [3.05, 3.63) is 15.7 Å². The van der Waals surface area contributed by atoms with Crippen molar-refractivity contribution in [3.8, 4) is 0 Å². The lowest BCUT2D eigenvalue weighted by Gasteiger charge is -2.06. The molecule has 0 atom stereocenters. The summed E-state index contributed by atoms with van der Waals surface area (Å²) in [6, 6.07) is 0. The number of methoxy groups -OCH3 is 1. The zero-order valence-corrected chi connectivity index (χ0v) is 13.8. The molecule has 2 N–H and O–H groups in total. The van der Waals surface area contributed by atoms with E-state index in [1.807, 2.05) is 0 Å². The number of hydrogen-bond acceptors (Lipinski definition) is 8. The largest absolute Gasteiger partial charge is 0.459 e. The molecule has 0 aliphatic rings. The van der Waals surface area contributed by atoms with Crippen LogP contribution in [0.25, 0.3) is 10.2 Å². The lowest BCUT2D eigenvalue weighted by Crippen LogP contribution is -2.10. The number of nitrogens with one attached hydrogen (secondary N) is 1. The molecule has 2 rings (SSSR count). The Morgan fingerprint density at radius 2 is 2.18 bits per heavy atom. The van der Waals surface area contributed by atoms with Crippen molar-refractivity contribution in [1.82, 2.24) is 9.97 Å². The summed E-state index contributed by atoms with van der Waals surface area (Å²) in [6.45, 7) is 2.60. The van der Waals surface area contributed by atoms with Crippen LogP contribution in [0.15, 0.2) is 0 Å². The van der Waals surface area contributed by atoms with Gasteiger partial charge in [-0.1, -0.05) is 0 Å². The molecule has 9 heteroatoms. The standard InChI is InChI=1S/C13H16ClN3O4S/c1-7-8-10(15-3-4-18)16-13(14)17-11(8)22-9(7)12(19)21-6-5-20-2/h18H,3-6H2,1-2H3,(H,15,16,17). The molecular formula is C13H16ClN3O4S. The van der Waals surface area contributed by atoms with Crippen LogP contribution in [0, 0.1) is 6.92 Å². The number of thiophene rings is 1. The number of nitrogens with zero attached hydrogens (tertiary/aromatic N) is 2. The number of aryl methyl sites for hydroxylation is 1. The van der Waals surface area contributed by atoms with Crippen molar-refractivity contribution in [2.75, 3.05) is 38.8 Å². The van der Waals surface area contributed by atoms with E-state index in [1.54, 1.807) is 6.92 Å². The number of hydrogen-bond donors (Lipinski definition) is 2. The molecule has 2 aromatic heterocycles. The fraction of sp³-hybridized carbons (Fsp3) is 0.462. The molecule has 0 amide bonds. The number of aliphatic hydroxyl groups is 1. The maximum atomic E-state index is 12.1. The zero-order valence-electron chi connectivity index (χ0n) is 12.2. The molecule has 22 heavy (non-hydrogen) atoms. The van der Waals surface area contributed by atoms with Gasteiger partial charge in [-0.25, -0.2) is 14.8 Å². The Kier molecular flexibility index (Phi) is 5.90. The molecule has 0 aliphatic carbocycles. The van der Waals surface area contributed by atoms with Crippen LogP contribution in [-0.2, 0) is 9.47 Å². The van der Waals surface area contributed by atoms with Gasteiger partial charge in [0, 0.05) is 13.7 Å². The molecule has 0 spiro atoms. The number of esters is 1. The second-order valence-corrected chi connectivity index (χ2v) is 5.69. The Morgan fingerprint density at radius 1 is 1.41 bits per heavy atom. The van der Waals surface area contributed by atoms with E-state index in [2.05, 4.69) is 15.3 Å². The second kappa shape index (κ2) is 7.68. The molecule has 0 saturated carbocycles. The Balaban J connectivity index is 2.37. The van der Waals surface area contributed by atoms with Gasteiger partial charge < -0.3 is 19.9 Å². The fourth-order valence-electron chi connectivity index (χ4n) is 1.89. The molecule has 0 radical (unpaired) electrons. The van der Waals surface area contributed by atoms with E-state index in [9.17, 15) is 4.79 Å². The van der Waals surface area contributed by atoms with Gasteiger partial charge in [0.1, 0.15) is 22.1 Å². The number of anilines is 1. The fourth-order valence-corrected chi connectivity index (χ4v) is 3.19. The van der Waals surface area contributed by atoms with E-state index in [4.69, 9.17) is 26.2 Å². The predicted octanol–water partition coefficient (Wildman–Crippen LogP) is 1.86. The van der Waals surface area contributed by atoms with Gasteiger partial charge in [-0.05, 0) is 24.1 Å². The van der Waals surface area contributed by atoms with E-state index < -0.39 is 5.97 Å². The minimum absolute atomic E-state index is 0.0434. The molecular weight excluding hydrogens is 330 g/mol. The number of fused-ring (bicyclic) bond motifs is 1. The molecule has 2 heterocycles. The predicted molar refractivity (Wildman–Crippen MR) is 84.9 cm³/mol. The molecule has 7 nitrogen and oxygen atoms in total. The monoisotopic (exact) mass is 345 g/mol. The summed E-state index contributed by atoms with van der Waals surface area (Å²) in [5.41, 5.74) is 0.722. The SMILES string of the molecule is COCCOC(=O)c1sc2nc(Cl)nc(NCCO)c2c1C.